The van der Waals surface area contributed by atoms with Gasteiger partial charge in [0.1, 0.15) is 0 Å². The summed E-state index contributed by atoms with van der Waals surface area (Å²) in [6.07, 6.45) is 10.1. The second kappa shape index (κ2) is 6.68. The number of benzene rings is 1. The Labute approximate surface area is 129 Å². The number of allylic oxidation sites excluding steroid dienone is 2. The average Bonchev–Trinajstić information content (AvgIpc) is 2.56. The molecule has 114 valence electrons. The molecule has 1 aromatic rings. The van der Waals surface area contributed by atoms with Gasteiger partial charge < -0.3 is 4.74 Å². The lowest BCUT2D eigenvalue weighted by Crippen LogP contribution is -2.26. The van der Waals surface area contributed by atoms with Gasteiger partial charge in [-0.3, -0.25) is 0 Å². The topological polar surface area (TPSA) is 9.23 Å². The summed E-state index contributed by atoms with van der Waals surface area (Å²) in [6, 6.07) is 9.18. The molecule has 0 spiro atoms. The maximum atomic E-state index is 5.88. The summed E-state index contributed by atoms with van der Waals surface area (Å²) >= 11 is 0. The maximum absolute atomic E-state index is 5.88. The van der Waals surface area contributed by atoms with Crippen LogP contribution in [0, 0.1) is 18.8 Å². The van der Waals surface area contributed by atoms with Gasteiger partial charge in [0.25, 0.3) is 0 Å². The van der Waals surface area contributed by atoms with Crippen LogP contribution in [0.15, 0.2) is 36.1 Å². The zero-order valence-corrected chi connectivity index (χ0v) is 13.5. The van der Waals surface area contributed by atoms with Crippen LogP contribution in [0.5, 0.6) is 0 Å². The number of hydrogen-bond donors (Lipinski definition) is 0. The van der Waals surface area contributed by atoms with E-state index in [0.29, 0.717) is 0 Å². The van der Waals surface area contributed by atoms with E-state index in [1.54, 1.807) is 5.56 Å². The van der Waals surface area contributed by atoms with Crippen LogP contribution < -0.4 is 0 Å². The zero-order valence-electron chi connectivity index (χ0n) is 13.5. The number of ether oxygens (including phenoxy) is 1. The first kappa shape index (κ1) is 14.7. The molecule has 3 rings (SSSR count). The largest absolute Gasteiger partial charge is 0.498 e. The first-order valence-electron chi connectivity index (χ1n) is 8.64. The Morgan fingerprint density at radius 1 is 1.00 bits per heavy atom. The molecular formula is C20H28O. The molecule has 0 saturated heterocycles. The van der Waals surface area contributed by atoms with Crippen LogP contribution in [0.25, 0.3) is 0 Å². The minimum absolute atomic E-state index is 0.763. The van der Waals surface area contributed by atoms with E-state index in [2.05, 4.69) is 44.2 Å². The van der Waals surface area contributed by atoms with Crippen molar-refractivity contribution in [2.24, 2.45) is 11.8 Å². The third-order valence-electron chi connectivity index (χ3n) is 5.47. The van der Waals surface area contributed by atoms with Gasteiger partial charge in [0.05, 0.1) is 12.4 Å². The van der Waals surface area contributed by atoms with Crippen molar-refractivity contribution in [2.75, 3.05) is 6.61 Å². The molecule has 1 unspecified atom stereocenters. The SMILES string of the molecule is CCC1=CCC(C2CCC(c3ccc(C)cc3)CC2)CO1. The lowest BCUT2D eigenvalue weighted by atomic mass is 9.73. The molecule has 2 aliphatic rings. The monoisotopic (exact) mass is 284 g/mol. The molecule has 0 amide bonds. The van der Waals surface area contributed by atoms with Crippen molar-refractivity contribution in [1.82, 2.24) is 0 Å². The molecule has 0 aromatic heterocycles. The van der Waals surface area contributed by atoms with Gasteiger partial charge in [0.2, 0.25) is 0 Å². The lowest BCUT2D eigenvalue weighted by molar-refractivity contribution is 0.0906. The number of aryl methyl sites for hydroxylation is 1. The van der Waals surface area contributed by atoms with E-state index in [4.69, 9.17) is 4.74 Å². The third kappa shape index (κ3) is 3.51. The summed E-state index contributed by atoms with van der Waals surface area (Å²) in [5.41, 5.74) is 2.91. The molecule has 0 radical (unpaired) electrons. The van der Waals surface area contributed by atoms with Crippen molar-refractivity contribution in [3.63, 3.8) is 0 Å². The normalized spacial score (nSPS) is 29.6. The molecule has 0 bridgehead atoms. The molecule has 1 saturated carbocycles. The molecule has 0 N–H and O–H groups in total. The van der Waals surface area contributed by atoms with Crippen molar-refractivity contribution in [2.45, 2.75) is 58.3 Å². The van der Waals surface area contributed by atoms with Crippen LogP contribution in [0.3, 0.4) is 0 Å². The first-order valence-corrected chi connectivity index (χ1v) is 8.64. The van der Waals surface area contributed by atoms with Crippen LogP contribution in [-0.2, 0) is 4.74 Å². The third-order valence-corrected chi connectivity index (χ3v) is 5.47. The Morgan fingerprint density at radius 3 is 2.29 bits per heavy atom. The first-order chi connectivity index (χ1) is 10.3. The Bertz CT molecular complexity index is 477. The summed E-state index contributed by atoms with van der Waals surface area (Å²) in [5, 5.41) is 0. The molecule has 1 aliphatic carbocycles. The van der Waals surface area contributed by atoms with Gasteiger partial charge in [0.15, 0.2) is 0 Å². The minimum Gasteiger partial charge on any atom is -0.498 e. The lowest BCUT2D eigenvalue weighted by Gasteiger charge is -2.35. The van der Waals surface area contributed by atoms with E-state index in [0.717, 1.165) is 30.8 Å². The molecular weight excluding hydrogens is 256 g/mol. The summed E-state index contributed by atoms with van der Waals surface area (Å²) in [6.45, 7) is 5.31. The van der Waals surface area contributed by atoms with E-state index >= 15 is 0 Å². The highest BCUT2D eigenvalue weighted by molar-refractivity contribution is 5.24. The zero-order chi connectivity index (χ0) is 14.7. The molecule has 1 aromatic carbocycles. The molecule has 1 fully saturated rings. The predicted molar refractivity (Wildman–Crippen MR) is 88.3 cm³/mol. The van der Waals surface area contributed by atoms with E-state index in [9.17, 15) is 0 Å². The van der Waals surface area contributed by atoms with Crippen LogP contribution >= 0.6 is 0 Å². The van der Waals surface area contributed by atoms with Crippen LogP contribution in [0.4, 0.5) is 0 Å². The molecule has 1 heteroatoms. The van der Waals surface area contributed by atoms with Crippen molar-refractivity contribution in [3.05, 3.63) is 47.2 Å². The highest BCUT2D eigenvalue weighted by atomic mass is 16.5. The number of hydrogen-bond acceptors (Lipinski definition) is 1. The Balaban J connectivity index is 1.53. The summed E-state index contributed by atoms with van der Waals surface area (Å²) in [5.74, 6) is 3.63. The standard InChI is InChI=1S/C20H28O/c1-3-20-13-12-19(14-21-20)18-10-8-17(9-11-18)16-6-4-15(2)5-7-16/h4-7,13,17-19H,3,8-12,14H2,1-2H3. The van der Waals surface area contributed by atoms with Crippen molar-refractivity contribution in [1.29, 1.82) is 0 Å². The molecule has 21 heavy (non-hydrogen) atoms. The quantitative estimate of drug-likeness (QED) is 0.702. The Kier molecular flexibility index (Phi) is 4.67. The Morgan fingerprint density at radius 2 is 1.71 bits per heavy atom. The molecule has 1 nitrogen and oxygen atoms in total. The van der Waals surface area contributed by atoms with Crippen molar-refractivity contribution >= 4 is 0 Å². The fraction of sp³-hybridized carbons (Fsp3) is 0.600. The van der Waals surface area contributed by atoms with Gasteiger partial charge in [0, 0.05) is 6.42 Å². The van der Waals surface area contributed by atoms with Crippen LogP contribution in [0.1, 0.15) is 62.5 Å². The van der Waals surface area contributed by atoms with E-state index in [1.165, 1.54) is 43.4 Å². The van der Waals surface area contributed by atoms with Gasteiger partial charge in [-0.05, 0) is 68.4 Å². The predicted octanol–water partition coefficient (Wildman–Crippen LogP) is 5.60. The molecule has 1 aliphatic heterocycles. The fourth-order valence-corrected chi connectivity index (χ4v) is 3.96. The van der Waals surface area contributed by atoms with E-state index in [-0.39, 0.29) is 0 Å². The van der Waals surface area contributed by atoms with Crippen LogP contribution in [0.2, 0.25) is 0 Å². The Hall–Kier alpha value is -1.24. The number of rotatable bonds is 3. The second-order valence-corrected chi connectivity index (χ2v) is 6.85. The highest BCUT2D eigenvalue weighted by Crippen LogP contribution is 2.41. The average molecular weight is 284 g/mol. The fourth-order valence-electron chi connectivity index (χ4n) is 3.96. The molecule has 1 atom stereocenters. The van der Waals surface area contributed by atoms with Gasteiger partial charge in [-0.2, -0.15) is 0 Å². The van der Waals surface area contributed by atoms with Gasteiger partial charge in [-0.25, -0.2) is 0 Å². The van der Waals surface area contributed by atoms with Crippen molar-refractivity contribution < 1.29 is 4.74 Å². The summed E-state index contributed by atoms with van der Waals surface area (Å²) in [4.78, 5) is 0. The van der Waals surface area contributed by atoms with Gasteiger partial charge in [-0.15, -0.1) is 0 Å². The van der Waals surface area contributed by atoms with E-state index in [1.807, 2.05) is 0 Å². The van der Waals surface area contributed by atoms with Crippen LogP contribution in [-0.4, -0.2) is 6.61 Å². The summed E-state index contributed by atoms with van der Waals surface area (Å²) in [7, 11) is 0. The van der Waals surface area contributed by atoms with Gasteiger partial charge >= 0.3 is 0 Å². The minimum atomic E-state index is 0.763. The van der Waals surface area contributed by atoms with Crippen molar-refractivity contribution in [3.8, 4) is 0 Å². The van der Waals surface area contributed by atoms with Gasteiger partial charge in [-0.1, -0.05) is 36.8 Å². The maximum Gasteiger partial charge on any atom is 0.0917 e. The smallest absolute Gasteiger partial charge is 0.0917 e. The van der Waals surface area contributed by atoms with E-state index < -0.39 is 0 Å². The summed E-state index contributed by atoms with van der Waals surface area (Å²) < 4.78 is 5.88. The molecule has 1 heterocycles. The second-order valence-electron chi connectivity index (χ2n) is 6.85. The highest BCUT2D eigenvalue weighted by Gasteiger charge is 2.29.